The minimum absolute atomic E-state index is 0.0259. The van der Waals surface area contributed by atoms with Crippen molar-refractivity contribution < 1.29 is 13.2 Å². The highest BCUT2D eigenvalue weighted by Crippen LogP contribution is 2.29. The summed E-state index contributed by atoms with van der Waals surface area (Å²) < 4.78 is 28.2. The zero-order chi connectivity index (χ0) is 21.5. The molecule has 0 radical (unpaired) electrons. The third-order valence-electron chi connectivity index (χ3n) is 5.17. The molecule has 0 aromatic heterocycles. The van der Waals surface area contributed by atoms with Gasteiger partial charge < -0.3 is 4.90 Å². The molecule has 0 unspecified atom stereocenters. The number of hydrogen-bond donors (Lipinski definition) is 0. The Labute approximate surface area is 171 Å². The second-order valence-corrected chi connectivity index (χ2v) is 12.2. The molecule has 2 rings (SSSR count). The van der Waals surface area contributed by atoms with Gasteiger partial charge >= 0.3 is 0 Å². The molecule has 1 heterocycles. The molecule has 0 spiro atoms. The molecule has 1 aromatic carbocycles. The van der Waals surface area contributed by atoms with Gasteiger partial charge in [0.25, 0.3) is 0 Å². The lowest BCUT2D eigenvalue weighted by atomic mass is 9.87. The standard InChI is InChI=1S/C22H36N2O3S/c1-16-14-23(20(25)13-21(3,4)5)15-17(2)24(16)28(26,27)19-11-9-18(10-12-19)22(6,7)8/h9-12,16-17H,13-15H2,1-8H3/t16-,17+. The lowest BCUT2D eigenvalue weighted by Gasteiger charge is -2.44. The van der Waals surface area contributed by atoms with E-state index in [-0.39, 0.29) is 28.8 Å². The van der Waals surface area contributed by atoms with Crippen LogP contribution in [0.1, 0.15) is 67.4 Å². The van der Waals surface area contributed by atoms with Crippen LogP contribution >= 0.6 is 0 Å². The maximum Gasteiger partial charge on any atom is 0.243 e. The van der Waals surface area contributed by atoms with Gasteiger partial charge in [-0.15, -0.1) is 0 Å². The first-order valence-corrected chi connectivity index (χ1v) is 11.5. The number of piperazine rings is 1. The number of rotatable bonds is 3. The van der Waals surface area contributed by atoms with E-state index in [1.54, 1.807) is 16.4 Å². The summed E-state index contributed by atoms with van der Waals surface area (Å²) >= 11 is 0. The molecule has 1 fully saturated rings. The average molecular weight is 409 g/mol. The number of sulfonamides is 1. The van der Waals surface area contributed by atoms with Gasteiger partial charge in [-0.1, -0.05) is 53.7 Å². The number of carbonyl (C=O) groups is 1. The highest BCUT2D eigenvalue weighted by atomic mass is 32.2. The van der Waals surface area contributed by atoms with Gasteiger partial charge in [0, 0.05) is 31.6 Å². The molecule has 1 amide bonds. The van der Waals surface area contributed by atoms with Crippen LogP contribution in [0.3, 0.4) is 0 Å². The Balaban J connectivity index is 2.22. The number of nitrogens with zero attached hydrogens (tertiary/aromatic N) is 2. The van der Waals surface area contributed by atoms with E-state index < -0.39 is 10.0 Å². The molecule has 0 N–H and O–H groups in total. The van der Waals surface area contributed by atoms with Gasteiger partial charge in [-0.05, 0) is 42.4 Å². The Bertz CT molecular complexity index is 790. The van der Waals surface area contributed by atoms with Crippen LogP contribution in [0.2, 0.25) is 0 Å². The van der Waals surface area contributed by atoms with Crippen LogP contribution in [0.25, 0.3) is 0 Å². The van der Waals surface area contributed by atoms with Gasteiger partial charge in [0.15, 0.2) is 0 Å². The van der Waals surface area contributed by atoms with Gasteiger partial charge in [0.2, 0.25) is 15.9 Å². The van der Waals surface area contributed by atoms with Crippen molar-refractivity contribution in [3.63, 3.8) is 0 Å². The molecule has 5 nitrogen and oxygen atoms in total. The third-order valence-corrected chi connectivity index (χ3v) is 7.31. The fraction of sp³-hybridized carbons (Fsp3) is 0.682. The Morgan fingerprint density at radius 3 is 1.82 bits per heavy atom. The van der Waals surface area contributed by atoms with E-state index in [1.807, 2.05) is 51.7 Å². The number of amides is 1. The van der Waals surface area contributed by atoms with Crippen molar-refractivity contribution in [2.45, 2.75) is 84.2 Å². The van der Waals surface area contributed by atoms with Crippen molar-refractivity contribution in [3.8, 4) is 0 Å². The van der Waals surface area contributed by atoms with Gasteiger partial charge in [-0.25, -0.2) is 8.42 Å². The molecule has 6 heteroatoms. The molecule has 1 aromatic rings. The third kappa shape index (κ3) is 5.15. The van der Waals surface area contributed by atoms with Crippen LogP contribution in [-0.4, -0.2) is 48.7 Å². The van der Waals surface area contributed by atoms with Crippen LogP contribution in [0.15, 0.2) is 29.2 Å². The van der Waals surface area contributed by atoms with Crippen molar-refractivity contribution in [2.24, 2.45) is 5.41 Å². The molecule has 1 saturated heterocycles. The van der Waals surface area contributed by atoms with E-state index in [0.717, 1.165) is 5.56 Å². The first-order valence-electron chi connectivity index (χ1n) is 10.0. The van der Waals surface area contributed by atoms with E-state index >= 15 is 0 Å². The van der Waals surface area contributed by atoms with Crippen molar-refractivity contribution in [2.75, 3.05) is 13.1 Å². The van der Waals surface area contributed by atoms with Gasteiger partial charge in [-0.3, -0.25) is 4.79 Å². The SMILES string of the molecule is C[C@@H]1CN(C(=O)CC(C)(C)C)C[C@H](C)N1S(=O)(=O)c1ccc(C(C)(C)C)cc1. The van der Waals surface area contributed by atoms with Crippen LogP contribution in [-0.2, 0) is 20.2 Å². The smallest absolute Gasteiger partial charge is 0.243 e. The quantitative estimate of drug-likeness (QED) is 0.759. The van der Waals surface area contributed by atoms with Crippen LogP contribution in [0.4, 0.5) is 0 Å². The van der Waals surface area contributed by atoms with E-state index in [4.69, 9.17) is 0 Å². The van der Waals surface area contributed by atoms with E-state index in [2.05, 4.69) is 20.8 Å². The van der Waals surface area contributed by atoms with Gasteiger partial charge in [0.1, 0.15) is 0 Å². The normalized spacial score (nSPS) is 22.4. The van der Waals surface area contributed by atoms with Crippen LogP contribution in [0, 0.1) is 5.41 Å². The highest BCUT2D eigenvalue weighted by molar-refractivity contribution is 7.89. The lowest BCUT2D eigenvalue weighted by Crippen LogP contribution is -2.59. The minimum Gasteiger partial charge on any atom is -0.339 e. The molecule has 0 bridgehead atoms. The zero-order valence-electron chi connectivity index (χ0n) is 18.6. The average Bonchev–Trinajstić information content (AvgIpc) is 2.51. The van der Waals surface area contributed by atoms with E-state index in [9.17, 15) is 13.2 Å². The van der Waals surface area contributed by atoms with E-state index in [0.29, 0.717) is 24.4 Å². The first-order chi connectivity index (χ1) is 12.6. The van der Waals surface area contributed by atoms with Crippen molar-refractivity contribution in [1.29, 1.82) is 0 Å². The van der Waals surface area contributed by atoms with Gasteiger partial charge in [0.05, 0.1) is 4.90 Å². The fourth-order valence-corrected chi connectivity index (χ4v) is 5.60. The summed E-state index contributed by atoms with van der Waals surface area (Å²) in [6.07, 6.45) is 0.466. The first kappa shape index (κ1) is 22.9. The summed E-state index contributed by atoms with van der Waals surface area (Å²) in [6, 6.07) is 6.66. The Kier molecular flexibility index (Phi) is 6.37. The summed E-state index contributed by atoms with van der Waals surface area (Å²) in [4.78, 5) is 14.7. The second kappa shape index (κ2) is 7.79. The summed E-state index contributed by atoms with van der Waals surface area (Å²) in [6.45, 7) is 17.1. The second-order valence-electron chi connectivity index (χ2n) is 10.3. The zero-order valence-corrected chi connectivity index (χ0v) is 19.4. The van der Waals surface area contributed by atoms with Gasteiger partial charge in [-0.2, -0.15) is 4.31 Å². The topological polar surface area (TPSA) is 57.7 Å². The van der Waals surface area contributed by atoms with E-state index in [1.165, 1.54) is 0 Å². The molecular formula is C22H36N2O3S. The predicted octanol–water partition coefficient (Wildman–Crippen LogP) is 4.03. The maximum atomic E-state index is 13.3. The van der Waals surface area contributed by atoms with Crippen LogP contribution < -0.4 is 0 Å². The Morgan fingerprint density at radius 1 is 0.964 bits per heavy atom. The molecule has 1 aliphatic rings. The molecule has 158 valence electrons. The number of hydrogen-bond acceptors (Lipinski definition) is 3. The Morgan fingerprint density at radius 2 is 1.43 bits per heavy atom. The summed E-state index contributed by atoms with van der Waals surface area (Å²) in [5, 5.41) is 0. The molecule has 1 aliphatic heterocycles. The number of benzene rings is 1. The molecular weight excluding hydrogens is 372 g/mol. The fourth-order valence-electron chi connectivity index (χ4n) is 3.80. The molecule has 0 aliphatic carbocycles. The predicted molar refractivity (Wildman–Crippen MR) is 114 cm³/mol. The maximum absolute atomic E-state index is 13.3. The van der Waals surface area contributed by atoms with Crippen molar-refractivity contribution in [3.05, 3.63) is 29.8 Å². The highest BCUT2D eigenvalue weighted by Gasteiger charge is 2.40. The van der Waals surface area contributed by atoms with Crippen molar-refractivity contribution >= 4 is 15.9 Å². The largest absolute Gasteiger partial charge is 0.339 e. The Hall–Kier alpha value is -1.40. The van der Waals surface area contributed by atoms with Crippen molar-refractivity contribution in [1.82, 2.24) is 9.21 Å². The lowest BCUT2D eigenvalue weighted by molar-refractivity contribution is -0.136. The molecule has 2 atom stereocenters. The monoisotopic (exact) mass is 408 g/mol. The van der Waals surface area contributed by atoms with Crippen LogP contribution in [0.5, 0.6) is 0 Å². The summed E-state index contributed by atoms with van der Waals surface area (Å²) in [5.41, 5.74) is 0.994. The number of carbonyl (C=O) groups excluding carboxylic acids is 1. The molecule has 0 saturated carbocycles. The minimum atomic E-state index is -3.61. The summed E-state index contributed by atoms with van der Waals surface area (Å²) in [7, 11) is -3.61. The molecule has 28 heavy (non-hydrogen) atoms. The summed E-state index contributed by atoms with van der Waals surface area (Å²) in [5.74, 6) is 0.0952.